The Morgan fingerprint density at radius 2 is 1.48 bits per heavy atom. The van der Waals surface area contributed by atoms with E-state index >= 15 is 0 Å². The highest BCUT2D eigenvalue weighted by Gasteiger charge is 2.23. The molecule has 2 N–H and O–H groups in total. The lowest BCUT2D eigenvalue weighted by atomic mass is 10.1. The van der Waals surface area contributed by atoms with Gasteiger partial charge in [-0.25, -0.2) is 14.2 Å². The first-order chi connectivity index (χ1) is 15.9. The summed E-state index contributed by atoms with van der Waals surface area (Å²) in [6.45, 7) is 3.88. The molecule has 0 spiro atoms. The van der Waals surface area contributed by atoms with Crippen LogP contribution in [0.15, 0.2) is 78.2 Å². The van der Waals surface area contributed by atoms with Gasteiger partial charge < -0.3 is 5.32 Å². The lowest BCUT2D eigenvalue weighted by Crippen LogP contribution is -2.48. The molecule has 0 saturated carbocycles. The summed E-state index contributed by atoms with van der Waals surface area (Å²) in [6.07, 6.45) is 0. The smallest absolute Gasteiger partial charge is 0.306 e. The number of benzene rings is 3. The largest absolute Gasteiger partial charge is 0.347 e. The Morgan fingerprint density at radius 1 is 0.879 bits per heavy atom. The molecule has 0 aliphatic carbocycles. The van der Waals surface area contributed by atoms with Crippen molar-refractivity contribution in [1.29, 1.82) is 0 Å². The number of nitrogens with zero attached hydrogens (tertiary/aromatic N) is 2. The molecule has 0 bridgehead atoms. The van der Waals surface area contributed by atoms with Crippen LogP contribution in [0.1, 0.15) is 21.5 Å². The standard InChI is InChI=1S/C25H21FN4O2S/c1-16-3-7-19(8-4-16)23(31)29-30(24(32)27-21-13-5-17(2)6-14-21)25-28-22(15-33-25)18-9-11-20(26)12-10-18/h3-15H,1-2H3,(H,27,32)(H,29,31). The number of amides is 3. The average molecular weight is 461 g/mol. The van der Waals surface area contributed by atoms with Crippen LogP contribution in [0.2, 0.25) is 0 Å². The van der Waals surface area contributed by atoms with Crippen molar-refractivity contribution in [2.24, 2.45) is 0 Å². The quantitative estimate of drug-likeness (QED) is 0.370. The maximum Gasteiger partial charge on any atom is 0.347 e. The van der Waals surface area contributed by atoms with E-state index in [1.807, 2.05) is 38.1 Å². The predicted molar refractivity (Wildman–Crippen MR) is 129 cm³/mol. The van der Waals surface area contributed by atoms with Crippen molar-refractivity contribution in [3.05, 3.63) is 101 Å². The van der Waals surface area contributed by atoms with Gasteiger partial charge in [-0.2, -0.15) is 5.01 Å². The number of aryl methyl sites for hydroxylation is 2. The number of hydrogen-bond acceptors (Lipinski definition) is 4. The zero-order valence-corrected chi connectivity index (χ0v) is 18.8. The summed E-state index contributed by atoms with van der Waals surface area (Å²) in [5.74, 6) is -0.800. The van der Waals surface area contributed by atoms with Gasteiger partial charge in [0.1, 0.15) is 5.82 Å². The fourth-order valence-electron chi connectivity index (χ4n) is 2.99. The second-order valence-corrected chi connectivity index (χ2v) is 8.30. The number of nitrogens with one attached hydrogen (secondary N) is 2. The Balaban J connectivity index is 1.62. The molecule has 4 rings (SSSR count). The number of urea groups is 1. The SMILES string of the molecule is Cc1ccc(NC(=O)N(NC(=O)c2ccc(C)cc2)c2nc(-c3ccc(F)cc3)cs2)cc1. The molecule has 166 valence electrons. The van der Waals surface area contributed by atoms with E-state index in [1.165, 1.54) is 23.5 Å². The molecule has 0 aliphatic rings. The van der Waals surface area contributed by atoms with Gasteiger partial charge in [0, 0.05) is 22.2 Å². The minimum atomic E-state index is -0.570. The summed E-state index contributed by atoms with van der Waals surface area (Å²) in [5, 5.41) is 5.87. The number of halogens is 1. The first-order valence-electron chi connectivity index (χ1n) is 10.2. The van der Waals surface area contributed by atoms with Gasteiger partial charge in [0.15, 0.2) is 0 Å². The number of carbonyl (C=O) groups excluding carboxylic acids is 2. The fraction of sp³-hybridized carbons (Fsp3) is 0.0800. The molecule has 1 aromatic heterocycles. The highest BCUT2D eigenvalue weighted by atomic mass is 32.1. The third-order valence-electron chi connectivity index (χ3n) is 4.86. The van der Waals surface area contributed by atoms with Crippen LogP contribution in [0.25, 0.3) is 11.3 Å². The molecular weight excluding hydrogens is 439 g/mol. The fourth-order valence-corrected chi connectivity index (χ4v) is 3.78. The average Bonchev–Trinajstić information content (AvgIpc) is 3.29. The third kappa shape index (κ3) is 5.42. The van der Waals surface area contributed by atoms with Gasteiger partial charge in [0.05, 0.1) is 5.69 Å². The van der Waals surface area contributed by atoms with Crippen molar-refractivity contribution in [2.75, 3.05) is 10.3 Å². The van der Waals surface area contributed by atoms with Crippen molar-refractivity contribution in [1.82, 2.24) is 10.4 Å². The van der Waals surface area contributed by atoms with Crippen LogP contribution >= 0.6 is 11.3 Å². The Bertz CT molecular complexity index is 1270. The number of carbonyl (C=O) groups is 2. The van der Waals surface area contributed by atoms with Gasteiger partial charge in [-0.3, -0.25) is 10.2 Å². The van der Waals surface area contributed by atoms with Crippen LogP contribution in [0.3, 0.4) is 0 Å². The third-order valence-corrected chi connectivity index (χ3v) is 5.68. The zero-order valence-electron chi connectivity index (χ0n) is 18.0. The van der Waals surface area contributed by atoms with E-state index < -0.39 is 11.9 Å². The summed E-state index contributed by atoms with van der Waals surface area (Å²) in [4.78, 5) is 30.5. The normalized spacial score (nSPS) is 10.5. The minimum absolute atomic E-state index is 0.263. The molecule has 0 saturated heterocycles. The second kappa shape index (κ2) is 9.62. The molecule has 6 nitrogen and oxygen atoms in total. The Hall–Kier alpha value is -4.04. The van der Waals surface area contributed by atoms with E-state index in [0.717, 1.165) is 16.1 Å². The molecule has 33 heavy (non-hydrogen) atoms. The number of hydrogen-bond donors (Lipinski definition) is 2. The lowest BCUT2D eigenvalue weighted by molar-refractivity contribution is 0.0951. The maximum atomic E-state index is 13.3. The number of anilines is 2. The lowest BCUT2D eigenvalue weighted by Gasteiger charge is -2.21. The van der Waals surface area contributed by atoms with Crippen molar-refractivity contribution in [3.8, 4) is 11.3 Å². The topological polar surface area (TPSA) is 74.3 Å². The van der Waals surface area contributed by atoms with Crippen LogP contribution in [-0.4, -0.2) is 16.9 Å². The summed E-state index contributed by atoms with van der Waals surface area (Å²) in [5.41, 5.74) is 6.96. The second-order valence-electron chi connectivity index (χ2n) is 7.46. The molecule has 0 atom stereocenters. The summed E-state index contributed by atoms with van der Waals surface area (Å²) in [6, 6.07) is 19.7. The highest BCUT2D eigenvalue weighted by Crippen LogP contribution is 2.27. The van der Waals surface area contributed by atoms with E-state index in [1.54, 1.807) is 41.8 Å². The van der Waals surface area contributed by atoms with Gasteiger partial charge in [-0.15, -0.1) is 11.3 Å². The van der Waals surface area contributed by atoms with Crippen molar-refractivity contribution >= 4 is 34.1 Å². The molecule has 0 aliphatic heterocycles. The monoisotopic (exact) mass is 460 g/mol. The van der Waals surface area contributed by atoms with E-state index in [9.17, 15) is 14.0 Å². The van der Waals surface area contributed by atoms with Gasteiger partial charge in [0.2, 0.25) is 5.13 Å². The molecule has 0 fully saturated rings. The summed E-state index contributed by atoms with van der Waals surface area (Å²) < 4.78 is 13.3. The molecule has 3 amide bonds. The molecule has 0 unspecified atom stereocenters. The molecule has 1 heterocycles. The minimum Gasteiger partial charge on any atom is -0.306 e. The van der Waals surface area contributed by atoms with Gasteiger partial charge in [-0.1, -0.05) is 35.4 Å². The number of rotatable bonds is 4. The molecule has 4 aromatic rings. The number of aromatic nitrogens is 1. The Kier molecular flexibility index (Phi) is 6.46. The van der Waals surface area contributed by atoms with Crippen LogP contribution in [0.4, 0.5) is 20.0 Å². The Labute approximate surface area is 194 Å². The van der Waals surface area contributed by atoms with Crippen molar-refractivity contribution in [2.45, 2.75) is 13.8 Å². The maximum absolute atomic E-state index is 13.3. The van der Waals surface area contributed by atoms with E-state index in [4.69, 9.17) is 0 Å². The van der Waals surface area contributed by atoms with E-state index in [0.29, 0.717) is 22.5 Å². The number of thiazole rings is 1. The van der Waals surface area contributed by atoms with Crippen LogP contribution in [-0.2, 0) is 0 Å². The van der Waals surface area contributed by atoms with Crippen molar-refractivity contribution < 1.29 is 14.0 Å². The van der Waals surface area contributed by atoms with E-state index in [-0.39, 0.29) is 10.9 Å². The van der Waals surface area contributed by atoms with E-state index in [2.05, 4.69) is 15.7 Å². The van der Waals surface area contributed by atoms with Crippen molar-refractivity contribution in [3.63, 3.8) is 0 Å². The van der Waals surface area contributed by atoms with Crippen LogP contribution in [0.5, 0.6) is 0 Å². The van der Waals surface area contributed by atoms with Gasteiger partial charge in [0.25, 0.3) is 5.91 Å². The molecular formula is C25H21FN4O2S. The summed E-state index contributed by atoms with van der Waals surface area (Å²) in [7, 11) is 0. The molecule has 3 aromatic carbocycles. The first kappa shape index (κ1) is 22.2. The van der Waals surface area contributed by atoms with Crippen LogP contribution in [0, 0.1) is 19.7 Å². The molecule has 0 radical (unpaired) electrons. The predicted octanol–water partition coefficient (Wildman–Crippen LogP) is 5.95. The van der Waals surface area contributed by atoms with Crippen LogP contribution < -0.4 is 15.8 Å². The number of hydrazine groups is 1. The van der Waals surface area contributed by atoms with Gasteiger partial charge >= 0.3 is 6.03 Å². The zero-order chi connectivity index (χ0) is 23.4. The highest BCUT2D eigenvalue weighted by molar-refractivity contribution is 7.14. The Morgan fingerprint density at radius 3 is 2.12 bits per heavy atom. The molecule has 8 heteroatoms. The van der Waals surface area contributed by atoms with Gasteiger partial charge in [-0.05, 0) is 62.4 Å². The first-order valence-corrected chi connectivity index (χ1v) is 11.0. The summed E-state index contributed by atoms with van der Waals surface area (Å²) >= 11 is 1.18.